The van der Waals surface area contributed by atoms with E-state index in [4.69, 9.17) is 23.5 Å². The Bertz CT molecular complexity index is 1060. The number of esters is 1. The zero-order valence-electron chi connectivity index (χ0n) is 31.9. The first-order chi connectivity index (χ1) is 25.1. The maximum atomic E-state index is 12.7. The van der Waals surface area contributed by atoms with Crippen molar-refractivity contribution in [3.8, 4) is 0 Å². The van der Waals surface area contributed by atoms with Crippen molar-refractivity contribution >= 4 is 16.4 Å². The van der Waals surface area contributed by atoms with Crippen LogP contribution in [0.15, 0.2) is 36.5 Å². The van der Waals surface area contributed by atoms with Crippen LogP contribution in [0.3, 0.4) is 0 Å². The monoisotopic (exact) mass is 762 g/mol. The largest absolute Gasteiger partial charge is 0.457 e. The van der Waals surface area contributed by atoms with Crippen molar-refractivity contribution < 1.29 is 56.2 Å². The maximum Gasteiger partial charge on any atom is 0.397 e. The van der Waals surface area contributed by atoms with Crippen LogP contribution in [-0.2, 0) is 38.3 Å². The van der Waals surface area contributed by atoms with Gasteiger partial charge >= 0.3 is 16.4 Å². The van der Waals surface area contributed by atoms with Crippen molar-refractivity contribution in [2.45, 2.75) is 179 Å². The van der Waals surface area contributed by atoms with E-state index >= 15 is 0 Å². The molecule has 13 heteroatoms. The van der Waals surface area contributed by atoms with Crippen LogP contribution >= 0.6 is 0 Å². The molecule has 304 valence electrons. The second kappa shape index (κ2) is 31.6. The van der Waals surface area contributed by atoms with Crippen molar-refractivity contribution in [2.75, 3.05) is 26.4 Å². The summed E-state index contributed by atoms with van der Waals surface area (Å²) in [4.78, 5) is 12.7. The van der Waals surface area contributed by atoms with Gasteiger partial charge in [0.05, 0.1) is 19.8 Å². The van der Waals surface area contributed by atoms with E-state index in [2.05, 4.69) is 54.5 Å². The van der Waals surface area contributed by atoms with Crippen LogP contribution in [0.4, 0.5) is 0 Å². The molecule has 0 aromatic heterocycles. The molecule has 1 saturated heterocycles. The zero-order chi connectivity index (χ0) is 38.3. The highest BCUT2D eigenvalue weighted by molar-refractivity contribution is 7.80. The molecule has 0 amide bonds. The lowest BCUT2D eigenvalue weighted by Gasteiger charge is -2.41. The van der Waals surface area contributed by atoms with Crippen LogP contribution < -0.4 is 0 Å². The molecule has 1 fully saturated rings. The summed E-state index contributed by atoms with van der Waals surface area (Å²) in [7, 11) is -5.05. The topological polar surface area (TPSA) is 178 Å². The predicted molar refractivity (Wildman–Crippen MR) is 202 cm³/mol. The van der Waals surface area contributed by atoms with E-state index in [-0.39, 0.29) is 19.6 Å². The number of carbonyl (C=O) groups is 1. The fourth-order valence-corrected chi connectivity index (χ4v) is 6.24. The molecule has 6 unspecified atom stereocenters. The van der Waals surface area contributed by atoms with Gasteiger partial charge in [-0.25, -0.2) is 4.18 Å². The number of aliphatic hydroxyl groups excluding tert-OH is 3. The van der Waals surface area contributed by atoms with Crippen LogP contribution in [-0.4, -0.2) is 97.5 Å². The molecule has 52 heavy (non-hydrogen) atoms. The minimum absolute atomic E-state index is 0.0296. The van der Waals surface area contributed by atoms with E-state index in [1.807, 2.05) is 0 Å². The normalized spacial score (nSPS) is 21.8. The number of hydrogen-bond acceptors (Lipinski definition) is 11. The first kappa shape index (κ1) is 48.3. The van der Waals surface area contributed by atoms with Crippen LogP contribution in [0.5, 0.6) is 0 Å². The highest BCUT2D eigenvalue weighted by Crippen LogP contribution is 2.26. The lowest BCUT2D eigenvalue weighted by atomic mass is 9.99. The summed E-state index contributed by atoms with van der Waals surface area (Å²) >= 11 is 0. The van der Waals surface area contributed by atoms with Gasteiger partial charge in [0.2, 0.25) is 0 Å². The Hall–Kier alpha value is -1.68. The molecule has 0 aromatic carbocycles. The molecular formula is C39H70O12S. The number of ether oxygens (including phenoxy) is 4. The summed E-state index contributed by atoms with van der Waals surface area (Å²) in [5.41, 5.74) is 0. The third kappa shape index (κ3) is 25.4. The van der Waals surface area contributed by atoms with Gasteiger partial charge in [0.15, 0.2) is 6.29 Å². The van der Waals surface area contributed by atoms with Crippen molar-refractivity contribution in [2.24, 2.45) is 0 Å². The molecule has 1 aliphatic heterocycles. The van der Waals surface area contributed by atoms with Crippen molar-refractivity contribution in [1.29, 1.82) is 0 Å². The summed E-state index contributed by atoms with van der Waals surface area (Å²) in [6, 6.07) is 0. The van der Waals surface area contributed by atoms with Gasteiger partial charge < -0.3 is 34.3 Å². The number of rotatable bonds is 33. The predicted octanol–water partition coefficient (Wildman–Crippen LogP) is 7.07. The van der Waals surface area contributed by atoms with Crippen LogP contribution in [0.2, 0.25) is 0 Å². The molecule has 0 saturated carbocycles. The van der Waals surface area contributed by atoms with Crippen LogP contribution in [0.1, 0.15) is 142 Å². The van der Waals surface area contributed by atoms with E-state index in [0.29, 0.717) is 13.0 Å². The Morgan fingerprint density at radius 3 is 1.88 bits per heavy atom. The Morgan fingerprint density at radius 2 is 1.27 bits per heavy atom. The summed E-state index contributed by atoms with van der Waals surface area (Å²) in [6.07, 6.45) is 25.0. The fraction of sp³-hybridized carbons (Fsp3) is 0.821. The summed E-state index contributed by atoms with van der Waals surface area (Å²) in [5.74, 6) is -0.416. The molecule has 4 N–H and O–H groups in total. The summed E-state index contributed by atoms with van der Waals surface area (Å²) in [6.45, 7) is 3.86. The van der Waals surface area contributed by atoms with Gasteiger partial charge in [-0.1, -0.05) is 121 Å². The number of hydrogen-bond donors (Lipinski definition) is 4. The Morgan fingerprint density at radius 1 is 0.731 bits per heavy atom. The maximum absolute atomic E-state index is 12.7. The molecule has 12 nitrogen and oxygen atoms in total. The molecule has 0 radical (unpaired) electrons. The molecule has 1 heterocycles. The van der Waals surface area contributed by atoms with Crippen LogP contribution in [0, 0.1) is 0 Å². The third-order valence-electron chi connectivity index (χ3n) is 8.77. The molecule has 1 aliphatic rings. The van der Waals surface area contributed by atoms with E-state index in [0.717, 1.165) is 77.0 Å². The van der Waals surface area contributed by atoms with Crippen molar-refractivity contribution in [3.63, 3.8) is 0 Å². The van der Waals surface area contributed by atoms with Gasteiger partial charge in [-0.3, -0.25) is 9.35 Å². The van der Waals surface area contributed by atoms with Gasteiger partial charge in [-0.2, -0.15) is 8.42 Å². The molecule has 6 atom stereocenters. The van der Waals surface area contributed by atoms with E-state index < -0.39 is 59.8 Å². The van der Waals surface area contributed by atoms with Crippen LogP contribution in [0.25, 0.3) is 0 Å². The minimum Gasteiger partial charge on any atom is -0.457 e. The Kier molecular flexibility index (Phi) is 29.4. The van der Waals surface area contributed by atoms with Gasteiger partial charge in [-0.15, -0.1) is 0 Å². The quantitative estimate of drug-likeness (QED) is 0.0232. The molecule has 0 aromatic rings. The highest BCUT2D eigenvalue weighted by atomic mass is 32.3. The highest BCUT2D eigenvalue weighted by Gasteiger charge is 2.48. The first-order valence-electron chi connectivity index (χ1n) is 19.7. The van der Waals surface area contributed by atoms with E-state index in [1.54, 1.807) is 0 Å². The second-order valence-corrected chi connectivity index (χ2v) is 14.6. The Balaban J connectivity index is 2.41. The summed E-state index contributed by atoms with van der Waals surface area (Å²) in [5, 5.41) is 30.4. The number of aliphatic hydroxyl groups is 3. The minimum atomic E-state index is -5.05. The fourth-order valence-electron chi connectivity index (χ4n) is 5.74. The Labute approximate surface area is 313 Å². The smallest absolute Gasteiger partial charge is 0.397 e. The van der Waals surface area contributed by atoms with Gasteiger partial charge in [0.1, 0.15) is 30.5 Å². The molecule has 1 rings (SSSR count). The standard InChI is InChI=1S/C39H70O12S/c1-3-5-7-9-11-12-13-14-15-16-17-18-19-20-21-22-23-24-26-28-35(41)49-33(31-47-29-27-25-10-8-6-4-2)32-48-39-37(43)38(51-52(44,45)46)36(42)34(30-40)50-39/h11-12,14-15,17-18,33-34,36-40,42-43H,3-10,13,16,19-32H2,1-2H3,(H,44,45,46)/b12-11-,15-14-,18-17-. The lowest BCUT2D eigenvalue weighted by Crippen LogP contribution is -2.60. The first-order valence-corrected chi connectivity index (χ1v) is 21.1. The van der Waals surface area contributed by atoms with Crippen molar-refractivity contribution in [3.05, 3.63) is 36.5 Å². The number of unbranched alkanes of at least 4 members (excludes halogenated alkanes) is 14. The third-order valence-corrected chi connectivity index (χ3v) is 9.23. The van der Waals surface area contributed by atoms with E-state index in [9.17, 15) is 28.5 Å². The van der Waals surface area contributed by atoms with E-state index in [1.165, 1.54) is 38.5 Å². The van der Waals surface area contributed by atoms with Gasteiger partial charge in [0, 0.05) is 13.0 Å². The molecular weight excluding hydrogens is 692 g/mol. The molecule has 0 spiro atoms. The molecule has 0 bridgehead atoms. The number of allylic oxidation sites excluding steroid dienone is 6. The lowest BCUT2D eigenvalue weighted by molar-refractivity contribution is -0.301. The van der Waals surface area contributed by atoms with Crippen molar-refractivity contribution in [1.82, 2.24) is 0 Å². The molecule has 0 aliphatic carbocycles. The van der Waals surface area contributed by atoms with Gasteiger partial charge in [0.25, 0.3) is 0 Å². The average Bonchev–Trinajstić information content (AvgIpc) is 3.11. The zero-order valence-corrected chi connectivity index (χ0v) is 32.7. The number of carbonyl (C=O) groups excluding carboxylic acids is 1. The van der Waals surface area contributed by atoms with Gasteiger partial charge in [-0.05, 0) is 51.4 Å². The average molecular weight is 763 g/mol. The summed E-state index contributed by atoms with van der Waals surface area (Å²) < 4.78 is 58.6. The SMILES string of the molecule is CCCCC/C=C\C/C=C\C/C=C\CCCCCCCCC(=O)OC(COCCCCCCCC)COC1OC(CO)C(O)C(OS(=O)(=O)O)C1O. The second-order valence-electron chi connectivity index (χ2n) is 13.5.